The van der Waals surface area contributed by atoms with Crippen molar-refractivity contribution in [1.29, 1.82) is 0 Å². The van der Waals surface area contributed by atoms with Crippen molar-refractivity contribution in [2.75, 3.05) is 5.32 Å². The molecule has 3 heterocycles. The number of fused-ring (bicyclic) bond motifs is 1. The molecule has 0 bridgehead atoms. The summed E-state index contributed by atoms with van der Waals surface area (Å²) >= 11 is 0. The highest BCUT2D eigenvalue weighted by Crippen LogP contribution is 2.21. The molecular formula is C18H16N6O2. The van der Waals surface area contributed by atoms with Crippen molar-refractivity contribution in [1.82, 2.24) is 24.9 Å². The molecule has 0 spiro atoms. The molecule has 4 aromatic rings. The molecule has 8 heteroatoms. The van der Waals surface area contributed by atoms with E-state index >= 15 is 0 Å². The number of benzene rings is 1. The minimum Gasteiger partial charge on any atom is -0.334 e. The molecule has 8 nitrogen and oxygen atoms in total. The number of aromatic nitrogens is 5. The summed E-state index contributed by atoms with van der Waals surface area (Å²) in [4.78, 5) is 21.0. The second kappa shape index (κ2) is 6.07. The van der Waals surface area contributed by atoms with Gasteiger partial charge >= 0.3 is 0 Å². The topological polar surface area (TPSA) is 98.7 Å². The number of carbonyl (C=O) groups is 1. The van der Waals surface area contributed by atoms with E-state index in [-0.39, 0.29) is 5.91 Å². The number of aryl methyl sites for hydroxylation is 3. The highest BCUT2D eigenvalue weighted by molar-refractivity contribution is 6.05. The van der Waals surface area contributed by atoms with Crippen LogP contribution in [-0.4, -0.2) is 30.8 Å². The minimum absolute atomic E-state index is 0.221. The molecule has 0 saturated heterocycles. The molecule has 1 amide bonds. The largest absolute Gasteiger partial charge is 0.334 e. The summed E-state index contributed by atoms with van der Waals surface area (Å²) in [6.45, 7) is 3.66. The van der Waals surface area contributed by atoms with Gasteiger partial charge in [0.1, 0.15) is 0 Å². The number of hydrogen-bond acceptors (Lipinski definition) is 6. The van der Waals surface area contributed by atoms with E-state index in [1.807, 2.05) is 20.0 Å². The lowest BCUT2D eigenvalue weighted by Crippen LogP contribution is -2.12. The number of pyridine rings is 1. The molecule has 0 saturated carbocycles. The third-order valence-corrected chi connectivity index (χ3v) is 4.04. The van der Waals surface area contributed by atoms with Gasteiger partial charge in [-0.1, -0.05) is 5.16 Å². The second-order valence-corrected chi connectivity index (χ2v) is 5.98. The van der Waals surface area contributed by atoms with Crippen LogP contribution in [0.4, 0.5) is 5.69 Å². The fourth-order valence-electron chi connectivity index (χ4n) is 2.76. The SMILES string of the molecule is Cc1noc(-c2ccc(C(=O)Nc3cnc4c(c3)c(C)nn4C)cc2)n1. The maximum Gasteiger partial charge on any atom is 0.257 e. The van der Waals surface area contributed by atoms with E-state index in [1.54, 1.807) is 42.1 Å². The lowest BCUT2D eigenvalue weighted by molar-refractivity contribution is 0.102. The summed E-state index contributed by atoms with van der Waals surface area (Å²) in [5.74, 6) is 0.771. The van der Waals surface area contributed by atoms with E-state index in [9.17, 15) is 4.79 Å². The van der Waals surface area contributed by atoms with Crippen molar-refractivity contribution in [3.63, 3.8) is 0 Å². The van der Waals surface area contributed by atoms with E-state index in [2.05, 4.69) is 25.5 Å². The molecular weight excluding hydrogens is 332 g/mol. The van der Waals surface area contributed by atoms with Gasteiger partial charge in [0.05, 0.1) is 17.6 Å². The zero-order chi connectivity index (χ0) is 18.3. The first-order chi connectivity index (χ1) is 12.5. The van der Waals surface area contributed by atoms with Gasteiger partial charge in [-0.2, -0.15) is 10.1 Å². The number of nitrogens with one attached hydrogen (secondary N) is 1. The van der Waals surface area contributed by atoms with Crippen molar-refractivity contribution in [3.05, 3.63) is 53.6 Å². The Labute approximate surface area is 148 Å². The summed E-state index contributed by atoms with van der Waals surface area (Å²) in [5.41, 5.74) is 3.55. The predicted octanol–water partition coefficient (Wildman–Crippen LogP) is 2.89. The summed E-state index contributed by atoms with van der Waals surface area (Å²) in [5, 5.41) is 11.9. The maximum atomic E-state index is 12.5. The first-order valence-corrected chi connectivity index (χ1v) is 8.03. The molecule has 0 atom stereocenters. The Balaban J connectivity index is 1.55. The average Bonchev–Trinajstić information content (AvgIpc) is 3.19. The van der Waals surface area contributed by atoms with Crippen LogP contribution in [0.5, 0.6) is 0 Å². The fourth-order valence-corrected chi connectivity index (χ4v) is 2.76. The molecule has 3 aromatic heterocycles. The molecule has 0 aliphatic heterocycles. The monoisotopic (exact) mass is 348 g/mol. The first-order valence-electron chi connectivity index (χ1n) is 8.03. The summed E-state index contributed by atoms with van der Waals surface area (Å²) in [6, 6.07) is 8.85. The lowest BCUT2D eigenvalue weighted by atomic mass is 10.1. The Kier molecular flexibility index (Phi) is 3.72. The Morgan fingerprint density at radius 2 is 1.96 bits per heavy atom. The van der Waals surface area contributed by atoms with Crippen LogP contribution in [0, 0.1) is 13.8 Å². The molecule has 130 valence electrons. The van der Waals surface area contributed by atoms with Crippen LogP contribution < -0.4 is 5.32 Å². The summed E-state index contributed by atoms with van der Waals surface area (Å²) in [6.07, 6.45) is 1.62. The molecule has 26 heavy (non-hydrogen) atoms. The highest BCUT2D eigenvalue weighted by atomic mass is 16.5. The van der Waals surface area contributed by atoms with Gasteiger partial charge in [-0.25, -0.2) is 4.98 Å². The number of amides is 1. The molecule has 1 aromatic carbocycles. The van der Waals surface area contributed by atoms with Crippen molar-refractivity contribution >= 4 is 22.6 Å². The maximum absolute atomic E-state index is 12.5. The van der Waals surface area contributed by atoms with Crippen molar-refractivity contribution in [2.24, 2.45) is 7.05 Å². The standard InChI is InChI=1S/C18H16N6O2/c1-10-15-8-14(9-19-16(15)24(3)22-10)21-17(25)12-4-6-13(7-5-12)18-20-11(2)23-26-18/h4-9H,1-3H3,(H,21,25). The van der Waals surface area contributed by atoms with Gasteiger partial charge in [-0.05, 0) is 44.2 Å². The van der Waals surface area contributed by atoms with E-state index < -0.39 is 0 Å². The number of rotatable bonds is 3. The Morgan fingerprint density at radius 1 is 1.19 bits per heavy atom. The van der Waals surface area contributed by atoms with Crippen LogP contribution in [0.15, 0.2) is 41.1 Å². The smallest absolute Gasteiger partial charge is 0.257 e. The summed E-state index contributed by atoms with van der Waals surface area (Å²) in [7, 11) is 1.84. The van der Waals surface area contributed by atoms with E-state index in [0.29, 0.717) is 23.0 Å². The number of nitrogens with zero attached hydrogens (tertiary/aromatic N) is 5. The van der Waals surface area contributed by atoms with Crippen LogP contribution in [0.2, 0.25) is 0 Å². The van der Waals surface area contributed by atoms with Gasteiger partial charge in [0.2, 0.25) is 0 Å². The first kappa shape index (κ1) is 15.9. The highest BCUT2D eigenvalue weighted by Gasteiger charge is 2.12. The fraction of sp³-hybridized carbons (Fsp3) is 0.167. The van der Waals surface area contributed by atoms with E-state index in [4.69, 9.17) is 4.52 Å². The molecule has 0 aliphatic carbocycles. The normalized spacial score (nSPS) is 11.0. The van der Waals surface area contributed by atoms with Gasteiger partial charge in [0, 0.05) is 23.6 Å². The number of carbonyl (C=O) groups excluding carboxylic acids is 1. The molecule has 0 unspecified atom stereocenters. The predicted molar refractivity (Wildman–Crippen MR) is 95.7 cm³/mol. The molecule has 0 fully saturated rings. The zero-order valence-electron chi connectivity index (χ0n) is 14.5. The van der Waals surface area contributed by atoms with Crippen LogP contribution in [0.3, 0.4) is 0 Å². The molecule has 0 aliphatic rings. The van der Waals surface area contributed by atoms with Crippen molar-refractivity contribution in [3.8, 4) is 11.5 Å². The van der Waals surface area contributed by atoms with E-state index in [1.165, 1.54) is 0 Å². The molecule has 1 N–H and O–H groups in total. The Bertz CT molecular complexity index is 1110. The quantitative estimate of drug-likeness (QED) is 0.611. The molecule has 4 rings (SSSR count). The van der Waals surface area contributed by atoms with Crippen molar-refractivity contribution in [2.45, 2.75) is 13.8 Å². The zero-order valence-corrected chi connectivity index (χ0v) is 14.5. The average molecular weight is 348 g/mol. The molecule has 0 radical (unpaired) electrons. The third kappa shape index (κ3) is 2.81. The van der Waals surface area contributed by atoms with Crippen molar-refractivity contribution < 1.29 is 9.32 Å². The van der Waals surface area contributed by atoms with Gasteiger partial charge in [-0.15, -0.1) is 0 Å². The number of hydrogen-bond donors (Lipinski definition) is 1. The third-order valence-electron chi connectivity index (χ3n) is 4.04. The summed E-state index contributed by atoms with van der Waals surface area (Å²) < 4.78 is 6.84. The van der Waals surface area contributed by atoms with Gasteiger partial charge in [-0.3, -0.25) is 9.48 Å². The second-order valence-electron chi connectivity index (χ2n) is 5.98. The Morgan fingerprint density at radius 3 is 2.65 bits per heavy atom. The van der Waals surface area contributed by atoms with Gasteiger partial charge < -0.3 is 9.84 Å². The Hall–Kier alpha value is -3.55. The van der Waals surface area contributed by atoms with Crippen LogP contribution >= 0.6 is 0 Å². The minimum atomic E-state index is -0.221. The van der Waals surface area contributed by atoms with Crippen LogP contribution in [-0.2, 0) is 7.05 Å². The van der Waals surface area contributed by atoms with Gasteiger partial charge in [0.15, 0.2) is 11.5 Å². The van der Waals surface area contributed by atoms with Crippen LogP contribution in [0.25, 0.3) is 22.5 Å². The van der Waals surface area contributed by atoms with Gasteiger partial charge in [0.25, 0.3) is 11.8 Å². The van der Waals surface area contributed by atoms with E-state index in [0.717, 1.165) is 22.3 Å². The lowest BCUT2D eigenvalue weighted by Gasteiger charge is -2.06. The van der Waals surface area contributed by atoms with Crippen LogP contribution in [0.1, 0.15) is 21.9 Å². The number of anilines is 1.